The lowest BCUT2D eigenvalue weighted by atomic mass is 9.83. The van der Waals surface area contributed by atoms with Gasteiger partial charge in [0.15, 0.2) is 0 Å². The number of carbonyl (C=O) groups is 1. The van der Waals surface area contributed by atoms with Crippen molar-refractivity contribution in [1.82, 2.24) is 0 Å². The first-order chi connectivity index (χ1) is 7.76. The standard InChI is InChI=1S/C14H20O3/c1-9(2)12(15)10-6-5-7-11(8-10)14(3,4)13(16)17/h5-9,12,15H,1-4H3,(H,16,17). The molecule has 0 aliphatic rings. The van der Waals surface area contributed by atoms with Crippen LogP contribution in [0.25, 0.3) is 0 Å². The second kappa shape index (κ2) is 4.88. The first-order valence-corrected chi connectivity index (χ1v) is 5.78. The van der Waals surface area contributed by atoms with Gasteiger partial charge in [0.2, 0.25) is 0 Å². The van der Waals surface area contributed by atoms with E-state index >= 15 is 0 Å². The number of carboxylic acid groups (broad SMARTS) is 1. The molecule has 0 fully saturated rings. The summed E-state index contributed by atoms with van der Waals surface area (Å²) in [6.07, 6.45) is -0.556. The molecule has 3 nitrogen and oxygen atoms in total. The topological polar surface area (TPSA) is 57.5 Å². The second-order valence-corrected chi connectivity index (χ2v) is 5.24. The molecule has 1 atom stereocenters. The van der Waals surface area contributed by atoms with Crippen LogP contribution in [-0.4, -0.2) is 16.2 Å². The lowest BCUT2D eigenvalue weighted by Gasteiger charge is -2.22. The Balaban J connectivity index is 3.14. The zero-order valence-corrected chi connectivity index (χ0v) is 10.8. The van der Waals surface area contributed by atoms with Crippen LogP contribution in [0.15, 0.2) is 24.3 Å². The molecule has 0 saturated heterocycles. The first-order valence-electron chi connectivity index (χ1n) is 5.78. The predicted octanol–water partition coefficient (Wildman–Crippen LogP) is 2.74. The maximum atomic E-state index is 11.2. The molecule has 1 rings (SSSR count). The van der Waals surface area contributed by atoms with E-state index in [4.69, 9.17) is 0 Å². The highest BCUT2D eigenvalue weighted by atomic mass is 16.4. The van der Waals surface area contributed by atoms with Crippen LogP contribution in [0.5, 0.6) is 0 Å². The van der Waals surface area contributed by atoms with Crippen molar-refractivity contribution in [2.75, 3.05) is 0 Å². The Morgan fingerprint density at radius 3 is 2.35 bits per heavy atom. The fourth-order valence-electron chi connectivity index (χ4n) is 1.62. The highest BCUT2D eigenvalue weighted by molar-refractivity contribution is 5.80. The summed E-state index contributed by atoms with van der Waals surface area (Å²) >= 11 is 0. The van der Waals surface area contributed by atoms with E-state index < -0.39 is 17.5 Å². The van der Waals surface area contributed by atoms with E-state index in [1.807, 2.05) is 19.9 Å². The summed E-state index contributed by atoms with van der Waals surface area (Å²) in [5, 5.41) is 19.1. The molecule has 1 aromatic rings. The molecule has 3 heteroatoms. The molecule has 94 valence electrons. The van der Waals surface area contributed by atoms with E-state index in [2.05, 4.69) is 0 Å². The van der Waals surface area contributed by atoms with Crippen molar-refractivity contribution < 1.29 is 15.0 Å². The van der Waals surface area contributed by atoms with Crippen molar-refractivity contribution >= 4 is 5.97 Å². The highest BCUT2D eigenvalue weighted by Crippen LogP contribution is 2.28. The molecule has 0 saturated carbocycles. The van der Waals surface area contributed by atoms with Gasteiger partial charge in [0.25, 0.3) is 0 Å². The van der Waals surface area contributed by atoms with E-state index in [0.717, 1.165) is 5.56 Å². The van der Waals surface area contributed by atoms with Crippen LogP contribution in [0, 0.1) is 5.92 Å². The smallest absolute Gasteiger partial charge is 0.313 e. The third kappa shape index (κ3) is 2.86. The highest BCUT2D eigenvalue weighted by Gasteiger charge is 2.29. The van der Waals surface area contributed by atoms with E-state index in [9.17, 15) is 15.0 Å². The zero-order valence-electron chi connectivity index (χ0n) is 10.8. The normalized spacial score (nSPS) is 13.8. The summed E-state index contributed by atoms with van der Waals surface area (Å²) in [6, 6.07) is 7.18. The average Bonchev–Trinajstić information content (AvgIpc) is 2.27. The zero-order chi connectivity index (χ0) is 13.2. The third-order valence-corrected chi connectivity index (χ3v) is 3.12. The van der Waals surface area contributed by atoms with Crippen LogP contribution in [0.3, 0.4) is 0 Å². The number of hydrogen-bond acceptors (Lipinski definition) is 2. The number of aliphatic carboxylic acids is 1. The minimum absolute atomic E-state index is 0.109. The largest absolute Gasteiger partial charge is 0.481 e. The van der Waals surface area contributed by atoms with Crippen LogP contribution in [0.1, 0.15) is 44.9 Å². The van der Waals surface area contributed by atoms with Gasteiger partial charge in [0.05, 0.1) is 11.5 Å². The van der Waals surface area contributed by atoms with Crippen LogP contribution in [-0.2, 0) is 10.2 Å². The van der Waals surface area contributed by atoms with E-state index in [-0.39, 0.29) is 5.92 Å². The third-order valence-electron chi connectivity index (χ3n) is 3.12. The minimum atomic E-state index is -0.938. The number of aliphatic hydroxyl groups is 1. The quantitative estimate of drug-likeness (QED) is 0.845. The summed E-state index contributed by atoms with van der Waals surface area (Å²) in [5.74, 6) is -0.758. The van der Waals surface area contributed by atoms with E-state index in [1.54, 1.807) is 32.0 Å². The van der Waals surface area contributed by atoms with Gasteiger partial charge >= 0.3 is 5.97 Å². The second-order valence-electron chi connectivity index (χ2n) is 5.24. The number of carboxylic acids is 1. The maximum absolute atomic E-state index is 11.2. The Hall–Kier alpha value is -1.35. The van der Waals surface area contributed by atoms with Gasteiger partial charge in [-0.15, -0.1) is 0 Å². The van der Waals surface area contributed by atoms with E-state index in [1.165, 1.54) is 0 Å². The van der Waals surface area contributed by atoms with Gasteiger partial charge in [-0.3, -0.25) is 4.79 Å². The molecule has 0 aliphatic heterocycles. The molecule has 17 heavy (non-hydrogen) atoms. The number of benzene rings is 1. The van der Waals surface area contributed by atoms with Crippen molar-refractivity contribution in [1.29, 1.82) is 0 Å². The Kier molecular flexibility index (Phi) is 3.94. The molecule has 1 unspecified atom stereocenters. The first kappa shape index (κ1) is 13.7. The molecular formula is C14H20O3. The van der Waals surface area contributed by atoms with Gasteiger partial charge < -0.3 is 10.2 Å². The molecule has 0 bridgehead atoms. The van der Waals surface area contributed by atoms with Crippen molar-refractivity contribution in [3.8, 4) is 0 Å². The molecule has 0 spiro atoms. The SMILES string of the molecule is CC(C)C(O)c1cccc(C(C)(C)C(=O)O)c1. The summed E-state index contributed by atoms with van der Waals surface area (Å²) in [7, 11) is 0. The van der Waals surface area contributed by atoms with Gasteiger partial charge in [-0.05, 0) is 30.9 Å². The summed E-state index contributed by atoms with van der Waals surface area (Å²) < 4.78 is 0. The lowest BCUT2D eigenvalue weighted by molar-refractivity contribution is -0.142. The van der Waals surface area contributed by atoms with Gasteiger partial charge in [0.1, 0.15) is 0 Å². The monoisotopic (exact) mass is 236 g/mol. The van der Waals surface area contributed by atoms with Gasteiger partial charge in [-0.1, -0.05) is 38.1 Å². The molecule has 0 heterocycles. The molecule has 0 radical (unpaired) electrons. The molecule has 0 aromatic heterocycles. The molecule has 1 aromatic carbocycles. The minimum Gasteiger partial charge on any atom is -0.481 e. The Morgan fingerprint density at radius 1 is 1.29 bits per heavy atom. The van der Waals surface area contributed by atoms with Gasteiger partial charge in [-0.2, -0.15) is 0 Å². The number of hydrogen-bond donors (Lipinski definition) is 2. The molecule has 0 amide bonds. The lowest BCUT2D eigenvalue weighted by Crippen LogP contribution is -2.28. The van der Waals surface area contributed by atoms with Crippen LogP contribution in [0.4, 0.5) is 0 Å². The fraction of sp³-hybridized carbons (Fsp3) is 0.500. The van der Waals surface area contributed by atoms with Crippen LogP contribution >= 0.6 is 0 Å². The average molecular weight is 236 g/mol. The van der Waals surface area contributed by atoms with Crippen molar-refractivity contribution in [3.05, 3.63) is 35.4 Å². The van der Waals surface area contributed by atoms with Gasteiger partial charge in [-0.25, -0.2) is 0 Å². The van der Waals surface area contributed by atoms with Crippen LogP contribution < -0.4 is 0 Å². The molecule has 0 aliphatic carbocycles. The summed E-state index contributed by atoms with van der Waals surface area (Å²) in [5.41, 5.74) is 0.543. The molecular weight excluding hydrogens is 216 g/mol. The number of aliphatic hydroxyl groups excluding tert-OH is 1. The fourth-order valence-corrected chi connectivity index (χ4v) is 1.62. The van der Waals surface area contributed by atoms with Crippen molar-refractivity contribution in [2.24, 2.45) is 5.92 Å². The molecule has 2 N–H and O–H groups in total. The van der Waals surface area contributed by atoms with Crippen LogP contribution in [0.2, 0.25) is 0 Å². The summed E-state index contributed by atoms with van der Waals surface area (Å²) in [6.45, 7) is 7.19. The Bertz CT molecular complexity index is 408. The van der Waals surface area contributed by atoms with Gasteiger partial charge in [0, 0.05) is 0 Å². The predicted molar refractivity (Wildman–Crippen MR) is 66.9 cm³/mol. The Morgan fingerprint density at radius 2 is 1.88 bits per heavy atom. The van der Waals surface area contributed by atoms with Crippen molar-refractivity contribution in [3.63, 3.8) is 0 Å². The van der Waals surface area contributed by atoms with E-state index in [0.29, 0.717) is 5.56 Å². The maximum Gasteiger partial charge on any atom is 0.313 e. The number of rotatable bonds is 4. The summed E-state index contributed by atoms with van der Waals surface area (Å²) in [4.78, 5) is 11.2. The Labute approximate surface area is 102 Å². The van der Waals surface area contributed by atoms with Crippen molar-refractivity contribution in [2.45, 2.75) is 39.2 Å².